The molecule has 1 heterocycles. The van der Waals surface area contributed by atoms with Gasteiger partial charge in [-0.15, -0.1) is 0 Å². The minimum absolute atomic E-state index is 0.293. The first-order valence-corrected chi connectivity index (χ1v) is 9.11. The van der Waals surface area contributed by atoms with Crippen molar-refractivity contribution < 1.29 is 18.4 Å². The highest BCUT2D eigenvalue weighted by molar-refractivity contribution is 6.53. The lowest BCUT2D eigenvalue weighted by Gasteiger charge is -2.15. The molecular formula is C23H20FNO3. The van der Waals surface area contributed by atoms with Crippen LogP contribution in [0.3, 0.4) is 0 Å². The Morgan fingerprint density at radius 1 is 0.893 bits per heavy atom. The number of hydrogen-bond donors (Lipinski definition) is 1. The van der Waals surface area contributed by atoms with Gasteiger partial charge in [0.05, 0.1) is 12.1 Å². The number of anilines is 1. The Hall–Kier alpha value is -3.21. The third-order valence-electron chi connectivity index (χ3n) is 5.43. The third kappa shape index (κ3) is 2.74. The lowest BCUT2D eigenvalue weighted by atomic mass is 9.85. The van der Waals surface area contributed by atoms with Gasteiger partial charge < -0.3 is 9.73 Å². The zero-order chi connectivity index (χ0) is 20.2. The zero-order valence-electron chi connectivity index (χ0n) is 16.2. The molecule has 1 aliphatic rings. The van der Waals surface area contributed by atoms with Gasteiger partial charge in [-0.1, -0.05) is 0 Å². The maximum absolute atomic E-state index is 13.3. The number of ketones is 2. The Kier molecular flexibility index (Phi) is 4.18. The van der Waals surface area contributed by atoms with Gasteiger partial charge in [0.15, 0.2) is 0 Å². The molecule has 0 amide bonds. The van der Waals surface area contributed by atoms with Crippen molar-refractivity contribution in [3.05, 3.63) is 75.3 Å². The van der Waals surface area contributed by atoms with E-state index in [0.717, 1.165) is 22.4 Å². The van der Waals surface area contributed by atoms with Crippen molar-refractivity contribution in [3.63, 3.8) is 0 Å². The number of hydrogen-bond acceptors (Lipinski definition) is 4. The lowest BCUT2D eigenvalue weighted by molar-refractivity contribution is 0.0814. The molecule has 0 saturated heterocycles. The van der Waals surface area contributed by atoms with Gasteiger partial charge in [-0.25, -0.2) is 4.39 Å². The van der Waals surface area contributed by atoms with Crippen molar-refractivity contribution in [2.24, 2.45) is 0 Å². The number of nitrogens with one attached hydrogen (secondary N) is 1. The molecule has 1 aliphatic carbocycles. The fraction of sp³-hybridized carbons (Fsp3) is 0.217. The van der Waals surface area contributed by atoms with Gasteiger partial charge in [0.25, 0.3) is 0 Å². The molecule has 0 saturated carbocycles. The molecule has 28 heavy (non-hydrogen) atoms. The maximum Gasteiger partial charge on any atom is 0.237 e. The van der Waals surface area contributed by atoms with E-state index in [4.69, 9.17) is 4.42 Å². The first-order chi connectivity index (χ1) is 13.3. The van der Waals surface area contributed by atoms with Gasteiger partial charge >= 0.3 is 0 Å². The normalized spacial score (nSPS) is 12.8. The molecule has 0 unspecified atom stereocenters. The van der Waals surface area contributed by atoms with E-state index < -0.39 is 11.6 Å². The molecule has 0 radical (unpaired) electrons. The lowest BCUT2D eigenvalue weighted by Crippen LogP contribution is -2.21. The van der Waals surface area contributed by atoms with Crippen molar-refractivity contribution in [2.75, 3.05) is 5.32 Å². The predicted octanol–water partition coefficient (Wildman–Crippen LogP) is 5.31. The van der Waals surface area contributed by atoms with Crippen molar-refractivity contribution >= 4 is 17.3 Å². The summed E-state index contributed by atoms with van der Waals surface area (Å²) in [5.74, 6) is -0.285. The summed E-state index contributed by atoms with van der Waals surface area (Å²) in [5, 5.41) is 3.22. The molecule has 0 aliphatic heterocycles. The van der Waals surface area contributed by atoms with E-state index in [2.05, 4.69) is 5.32 Å². The summed E-state index contributed by atoms with van der Waals surface area (Å²) in [7, 11) is 0. The number of fused-ring (bicyclic) bond motifs is 3. The molecule has 1 N–H and O–H groups in total. The molecule has 4 rings (SSSR count). The van der Waals surface area contributed by atoms with Crippen LogP contribution in [-0.2, 0) is 6.54 Å². The van der Waals surface area contributed by atoms with Crippen LogP contribution in [0.15, 0.2) is 34.7 Å². The molecule has 142 valence electrons. The monoisotopic (exact) mass is 377 g/mol. The summed E-state index contributed by atoms with van der Waals surface area (Å²) >= 11 is 0. The summed E-state index contributed by atoms with van der Waals surface area (Å²) in [5.41, 5.74) is 5.60. The van der Waals surface area contributed by atoms with Gasteiger partial charge in [0.2, 0.25) is 11.6 Å². The highest BCUT2D eigenvalue weighted by Crippen LogP contribution is 2.39. The molecule has 0 fully saturated rings. The molecular weight excluding hydrogens is 357 g/mol. The summed E-state index contributed by atoms with van der Waals surface area (Å²) in [4.78, 5) is 25.3. The smallest absolute Gasteiger partial charge is 0.237 e. The highest BCUT2D eigenvalue weighted by Gasteiger charge is 2.36. The summed E-state index contributed by atoms with van der Waals surface area (Å²) < 4.78 is 19.3. The summed E-state index contributed by atoms with van der Waals surface area (Å²) in [6, 6.07) is 8.16. The first-order valence-electron chi connectivity index (χ1n) is 9.11. The van der Waals surface area contributed by atoms with E-state index in [1.54, 1.807) is 19.1 Å². The van der Waals surface area contributed by atoms with E-state index >= 15 is 0 Å². The molecule has 0 bridgehead atoms. The standard InChI is InChI=1S/C23H20FNO3/c1-11-8-16-17(9-12(11)2)23-20(22(27)21(16)26)14(4)19(28-23)10-25-18-6-5-15(24)7-13(18)3/h5-9,25H,10H2,1-4H3. The number of benzene rings is 2. The van der Waals surface area contributed by atoms with Crippen molar-refractivity contribution in [1.29, 1.82) is 0 Å². The third-order valence-corrected chi connectivity index (χ3v) is 5.43. The average Bonchev–Trinajstić information content (AvgIpc) is 2.97. The number of halogens is 1. The van der Waals surface area contributed by atoms with Crippen LogP contribution in [0.5, 0.6) is 0 Å². The first kappa shape index (κ1) is 18.2. The Balaban J connectivity index is 1.76. The summed E-state index contributed by atoms with van der Waals surface area (Å²) in [6.07, 6.45) is 0. The number of Topliss-reactive ketones (excluding diaryl/α,β-unsaturated/α-hetero) is 2. The maximum atomic E-state index is 13.3. The molecule has 3 aromatic rings. The number of aryl methyl sites for hydroxylation is 3. The molecule has 0 atom stereocenters. The van der Waals surface area contributed by atoms with Crippen LogP contribution in [-0.4, -0.2) is 11.6 Å². The molecule has 1 aromatic heterocycles. The van der Waals surface area contributed by atoms with Gasteiger partial charge in [0, 0.05) is 22.4 Å². The Morgan fingerprint density at radius 2 is 1.57 bits per heavy atom. The van der Waals surface area contributed by atoms with E-state index in [9.17, 15) is 14.0 Å². The van der Waals surface area contributed by atoms with Crippen LogP contribution in [0.2, 0.25) is 0 Å². The number of carbonyl (C=O) groups excluding carboxylic acids is 2. The topological polar surface area (TPSA) is 59.3 Å². The van der Waals surface area contributed by atoms with Gasteiger partial charge in [-0.05, 0) is 74.7 Å². The predicted molar refractivity (Wildman–Crippen MR) is 105 cm³/mol. The van der Waals surface area contributed by atoms with Gasteiger partial charge in [-0.3, -0.25) is 9.59 Å². The van der Waals surface area contributed by atoms with Crippen LogP contribution in [0.1, 0.15) is 48.7 Å². The quantitative estimate of drug-likeness (QED) is 0.629. The summed E-state index contributed by atoms with van der Waals surface area (Å²) in [6.45, 7) is 7.80. The highest BCUT2D eigenvalue weighted by atomic mass is 19.1. The second-order valence-corrected chi connectivity index (χ2v) is 7.31. The number of carbonyl (C=O) groups is 2. The van der Waals surface area contributed by atoms with Crippen LogP contribution in [0.4, 0.5) is 10.1 Å². The van der Waals surface area contributed by atoms with E-state index in [-0.39, 0.29) is 5.82 Å². The Morgan fingerprint density at radius 3 is 2.25 bits per heavy atom. The van der Waals surface area contributed by atoms with Crippen LogP contribution in [0.25, 0.3) is 11.3 Å². The minimum Gasteiger partial charge on any atom is -0.458 e. The van der Waals surface area contributed by atoms with Gasteiger partial charge in [0.1, 0.15) is 17.3 Å². The van der Waals surface area contributed by atoms with E-state index in [1.165, 1.54) is 12.1 Å². The van der Waals surface area contributed by atoms with Crippen LogP contribution < -0.4 is 5.32 Å². The Labute approximate surface area is 162 Å². The molecule has 5 heteroatoms. The average molecular weight is 377 g/mol. The largest absolute Gasteiger partial charge is 0.458 e. The second-order valence-electron chi connectivity index (χ2n) is 7.31. The number of furan rings is 1. The molecule has 2 aromatic carbocycles. The van der Waals surface area contributed by atoms with Crippen LogP contribution >= 0.6 is 0 Å². The fourth-order valence-electron chi connectivity index (χ4n) is 3.62. The van der Waals surface area contributed by atoms with Crippen LogP contribution in [0, 0.1) is 33.5 Å². The van der Waals surface area contributed by atoms with Crippen molar-refractivity contribution in [2.45, 2.75) is 34.2 Å². The minimum atomic E-state index is -0.531. The SMILES string of the molecule is Cc1cc2c(cc1C)-c1oc(CNc3ccc(F)cc3C)c(C)c1C(=O)C2=O. The van der Waals surface area contributed by atoms with E-state index in [1.807, 2.05) is 26.8 Å². The fourth-order valence-corrected chi connectivity index (χ4v) is 3.62. The number of rotatable bonds is 3. The Bertz CT molecular complexity index is 1160. The van der Waals surface area contributed by atoms with E-state index in [0.29, 0.717) is 40.3 Å². The van der Waals surface area contributed by atoms with Crippen molar-refractivity contribution in [1.82, 2.24) is 0 Å². The molecule has 0 spiro atoms. The zero-order valence-corrected chi connectivity index (χ0v) is 16.2. The molecule has 4 nitrogen and oxygen atoms in total. The van der Waals surface area contributed by atoms with Crippen molar-refractivity contribution in [3.8, 4) is 11.3 Å². The second kappa shape index (κ2) is 6.44. The van der Waals surface area contributed by atoms with Gasteiger partial charge in [-0.2, -0.15) is 0 Å².